The van der Waals surface area contributed by atoms with Crippen LogP contribution in [0.5, 0.6) is 5.75 Å². The van der Waals surface area contributed by atoms with Crippen LogP contribution in [0.2, 0.25) is 0 Å². The molecule has 0 aliphatic heterocycles. The number of aromatic nitrogens is 2. The highest BCUT2D eigenvalue weighted by molar-refractivity contribution is 7.13. The van der Waals surface area contributed by atoms with Crippen LogP contribution in [0.3, 0.4) is 0 Å². The lowest BCUT2D eigenvalue weighted by Gasteiger charge is -2.06. The van der Waals surface area contributed by atoms with Crippen molar-refractivity contribution < 1.29 is 9.26 Å². The number of rotatable bonds is 8. The Balaban J connectivity index is 1.67. The molecule has 0 fully saturated rings. The van der Waals surface area contributed by atoms with E-state index >= 15 is 0 Å². The summed E-state index contributed by atoms with van der Waals surface area (Å²) in [5.74, 6) is 2.06. The Kier molecular flexibility index (Phi) is 6.03. The average Bonchev–Trinajstić information content (AvgIpc) is 3.44. The summed E-state index contributed by atoms with van der Waals surface area (Å²) in [5.41, 5.74) is 7.81. The van der Waals surface area contributed by atoms with Crippen LogP contribution < -0.4 is 10.5 Å². The Morgan fingerprint density at radius 3 is 2.79 bits per heavy atom. The predicted molar refractivity (Wildman–Crippen MR) is 119 cm³/mol. The molecule has 4 rings (SSSR count). The van der Waals surface area contributed by atoms with Crippen LogP contribution >= 0.6 is 11.3 Å². The summed E-state index contributed by atoms with van der Waals surface area (Å²) in [5, 5.41) is 8.47. The molecule has 2 N–H and O–H groups in total. The van der Waals surface area contributed by atoms with E-state index in [1.54, 1.807) is 18.4 Å². The third-order valence-corrected chi connectivity index (χ3v) is 5.62. The molecule has 0 spiro atoms. The minimum atomic E-state index is 0.570. The Morgan fingerprint density at radius 2 is 2.00 bits per heavy atom. The minimum Gasteiger partial charge on any atom is -0.497 e. The highest BCUT2D eigenvalue weighted by atomic mass is 32.1. The molecule has 0 aliphatic carbocycles. The molecule has 0 unspecified atom stereocenters. The van der Waals surface area contributed by atoms with Gasteiger partial charge in [0.25, 0.3) is 5.89 Å². The van der Waals surface area contributed by atoms with Gasteiger partial charge in [-0.1, -0.05) is 29.4 Å². The van der Waals surface area contributed by atoms with Gasteiger partial charge in [0, 0.05) is 5.57 Å². The summed E-state index contributed by atoms with van der Waals surface area (Å²) in [6.45, 7) is 0.676. The maximum absolute atomic E-state index is 5.68. The number of nitrogens with zero attached hydrogens (tertiary/aromatic N) is 2. The van der Waals surface area contributed by atoms with Crippen molar-refractivity contribution >= 4 is 33.8 Å². The van der Waals surface area contributed by atoms with Crippen molar-refractivity contribution in [3.8, 4) is 16.5 Å². The molecule has 0 saturated carbocycles. The molecule has 2 aromatic heterocycles. The Morgan fingerprint density at radius 1 is 1.14 bits per heavy atom. The van der Waals surface area contributed by atoms with Gasteiger partial charge in [-0.2, -0.15) is 4.98 Å². The lowest BCUT2D eigenvalue weighted by Crippen LogP contribution is -1.98. The SMILES string of the molecule is COc1ccc2cc(/C=C(\CCCCN)c3nc(-c4cccs4)no3)ccc2c1. The van der Waals surface area contributed by atoms with Crippen molar-refractivity contribution in [2.45, 2.75) is 19.3 Å². The normalized spacial score (nSPS) is 11.9. The second-order valence-electron chi connectivity index (χ2n) is 6.79. The Labute approximate surface area is 173 Å². The highest BCUT2D eigenvalue weighted by Gasteiger charge is 2.14. The summed E-state index contributed by atoms with van der Waals surface area (Å²) < 4.78 is 10.9. The van der Waals surface area contributed by atoms with Gasteiger partial charge in [0.15, 0.2) is 0 Å². The van der Waals surface area contributed by atoms with Crippen LogP contribution in [0, 0.1) is 0 Å². The number of fused-ring (bicyclic) bond motifs is 1. The van der Waals surface area contributed by atoms with E-state index in [9.17, 15) is 0 Å². The molecule has 4 aromatic rings. The standard InChI is InChI=1S/C23H23N3O2S/c1-27-20-10-9-17-13-16(7-8-18(17)15-20)14-19(5-2-3-11-24)23-25-22(26-28-23)21-6-4-12-29-21/h4,6-10,12-15H,2-3,5,11,24H2,1H3/b19-14+. The topological polar surface area (TPSA) is 74.2 Å². The zero-order valence-electron chi connectivity index (χ0n) is 16.3. The summed E-state index contributed by atoms with van der Waals surface area (Å²) in [6, 6.07) is 16.4. The number of benzene rings is 2. The van der Waals surface area contributed by atoms with Crippen LogP contribution in [0.4, 0.5) is 0 Å². The van der Waals surface area contributed by atoms with Gasteiger partial charge in [-0.15, -0.1) is 11.3 Å². The highest BCUT2D eigenvalue weighted by Crippen LogP contribution is 2.28. The molecule has 6 heteroatoms. The van der Waals surface area contributed by atoms with E-state index in [1.807, 2.05) is 29.6 Å². The van der Waals surface area contributed by atoms with Crippen molar-refractivity contribution in [1.82, 2.24) is 10.1 Å². The van der Waals surface area contributed by atoms with Crippen LogP contribution in [0.25, 0.3) is 33.1 Å². The number of hydrogen-bond acceptors (Lipinski definition) is 6. The number of thiophene rings is 1. The van der Waals surface area contributed by atoms with Crippen molar-refractivity contribution in [2.24, 2.45) is 5.73 Å². The monoisotopic (exact) mass is 405 g/mol. The lowest BCUT2D eigenvalue weighted by atomic mass is 10.0. The van der Waals surface area contributed by atoms with Crippen LogP contribution in [0.15, 0.2) is 58.4 Å². The first kappa shape index (κ1) is 19.4. The number of nitrogens with two attached hydrogens (primary N) is 1. The van der Waals surface area contributed by atoms with E-state index in [-0.39, 0.29) is 0 Å². The number of hydrogen-bond donors (Lipinski definition) is 1. The van der Waals surface area contributed by atoms with Gasteiger partial charge in [0.1, 0.15) is 5.75 Å². The van der Waals surface area contributed by atoms with E-state index in [2.05, 4.69) is 40.5 Å². The Bertz CT molecular complexity index is 1120. The third kappa shape index (κ3) is 4.55. The van der Waals surface area contributed by atoms with Gasteiger partial charge in [-0.25, -0.2) is 0 Å². The summed E-state index contributed by atoms with van der Waals surface area (Å²) in [6.07, 6.45) is 4.90. The first-order chi connectivity index (χ1) is 14.3. The second-order valence-corrected chi connectivity index (χ2v) is 7.74. The van der Waals surface area contributed by atoms with E-state index in [4.69, 9.17) is 15.0 Å². The Hall–Kier alpha value is -2.96. The minimum absolute atomic E-state index is 0.570. The molecule has 5 nitrogen and oxygen atoms in total. The molecule has 0 amide bonds. The van der Waals surface area contributed by atoms with Gasteiger partial charge >= 0.3 is 0 Å². The maximum atomic E-state index is 5.68. The van der Waals surface area contributed by atoms with Crippen LogP contribution in [-0.2, 0) is 0 Å². The largest absolute Gasteiger partial charge is 0.497 e. The van der Waals surface area contributed by atoms with Gasteiger partial charge < -0.3 is 15.0 Å². The average molecular weight is 406 g/mol. The van der Waals surface area contributed by atoms with Crippen LogP contribution in [-0.4, -0.2) is 23.8 Å². The van der Waals surface area contributed by atoms with E-state index in [0.717, 1.165) is 51.8 Å². The lowest BCUT2D eigenvalue weighted by molar-refractivity contribution is 0.407. The molecule has 0 saturated heterocycles. The van der Waals surface area contributed by atoms with E-state index in [1.165, 1.54) is 0 Å². The number of unbranched alkanes of at least 4 members (excludes halogenated alkanes) is 1. The quantitative estimate of drug-likeness (QED) is 0.385. The predicted octanol–water partition coefficient (Wildman–Crippen LogP) is 5.63. The van der Waals surface area contributed by atoms with Crippen molar-refractivity contribution in [2.75, 3.05) is 13.7 Å². The third-order valence-electron chi connectivity index (χ3n) is 4.75. The first-order valence-corrected chi connectivity index (χ1v) is 10.5. The fourth-order valence-electron chi connectivity index (χ4n) is 3.22. The van der Waals surface area contributed by atoms with Crippen molar-refractivity contribution in [1.29, 1.82) is 0 Å². The molecular formula is C23H23N3O2S. The second kappa shape index (κ2) is 9.03. The number of methoxy groups -OCH3 is 1. The maximum Gasteiger partial charge on any atom is 0.254 e. The van der Waals surface area contributed by atoms with Gasteiger partial charge in [-0.05, 0) is 77.9 Å². The smallest absolute Gasteiger partial charge is 0.254 e. The molecule has 0 bridgehead atoms. The van der Waals surface area contributed by atoms with Crippen LogP contribution in [0.1, 0.15) is 30.7 Å². The number of allylic oxidation sites excluding steroid dienone is 1. The molecular weight excluding hydrogens is 382 g/mol. The van der Waals surface area contributed by atoms with Gasteiger partial charge in [0.2, 0.25) is 5.82 Å². The first-order valence-electron chi connectivity index (χ1n) is 9.63. The van der Waals surface area contributed by atoms with Crippen molar-refractivity contribution in [3.63, 3.8) is 0 Å². The molecule has 148 valence electrons. The summed E-state index contributed by atoms with van der Waals surface area (Å²) in [7, 11) is 1.68. The molecule has 0 aliphatic rings. The fourth-order valence-corrected chi connectivity index (χ4v) is 3.87. The molecule has 0 atom stereocenters. The van der Waals surface area contributed by atoms with Gasteiger partial charge in [-0.3, -0.25) is 0 Å². The molecule has 2 aromatic carbocycles. The zero-order chi connectivity index (χ0) is 20.1. The summed E-state index contributed by atoms with van der Waals surface area (Å²) in [4.78, 5) is 5.63. The fraction of sp³-hybridized carbons (Fsp3) is 0.217. The van der Waals surface area contributed by atoms with Gasteiger partial charge in [0.05, 0.1) is 12.0 Å². The van der Waals surface area contributed by atoms with Crippen molar-refractivity contribution in [3.05, 3.63) is 65.4 Å². The summed E-state index contributed by atoms with van der Waals surface area (Å²) >= 11 is 1.60. The van der Waals surface area contributed by atoms with E-state index < -0.39 is 0 Å². The zero-order valence-corrected chi connectivity index (χ0v) is 17.1. The molecule has 2 heterocycles. The molecule has 29 heavy (non-hydrogen) atoms. The van der Waals surface area contributed by atoms with E-state index in [0.29, 0.717) is 18.3 Å². The molecule has 0 radical (unpaired) electrons. The number of ether oxygens (including phenoxy) is 1.